The lowest BCUT2D eigenvalue weighted by Gasteiger charge is -2.10. The highest BCUT2D eigenvalue weighted by molar-refractivity contribution is 6.34. The molecule has 0 aromatic carbocycles. The van der Waals surface area contributed by atoms with Crippen molar-refractivity contribution in [2.75, 3.05) is 0 Å². The second-order valence-corrected chi connectivity index (χ2v) is 7.49. The van der Waals surface area contributed by atoms with Gasteiger partial charge in [0.2, 0.25) is 0 Å². The smallest absolute Gasteiger partial charge is 0.267 e. The number of nitrogens with zero attached hydrogens (tertiary/aromatic N) is 3. The van der Waals surface area contributed by atoms with E-state index >= 15 is 0 Å². The van der Waals surface area contributed by atoms with Crippen LogP contribution in [-0.4, -0.2) is 20.7 Å². The number of carbonyl (C=O) groups excluding carboxylic acids is 1. The van der Waals surface area contributed by atoms with E-state index in [1.807, 2.05) is 6.92 Å². The zero-order chi connectivity index (χ0) is 15.8. The highest BCUT2D eigenvalue weighted by Gasteiger charge is 2.64. The minimum absolute atomic E-state index is 0.114. The van der Waals surface area contributed by atoms with Gasteiger partial charge in [-0.25, -0.2) is 9.67 Å². The number of rotatable bonds is 1. The van der Waals surface area contributed by atoms with E-state index in [9.17, 15) is 4.79 Å². The molecule has 2 aliphatic rings. The summed E-state index contributed by atoms with van der Waals surface area (Å²) in [6.07, 6.45) is 0.901. The Balaban J connectivity index is 1.78. The van der Waals surface area contributed by atoms with Crippen molar-refractivity contribution in [1.82, 2.24) is 14.8 Å². The predicted molar refractivity (Wildman–Crippen MR) is 84.7 cm³/mol. The van der Waals surface area contributed by atoms with Crippen LogP contribution in [0.25, 0.3) is 0 Å². The maximum atomic E-state index is 12.8. The zero-order valence-electron chi connectivity index (χ0n) is 12.5. The molecular weight excluding hydrogens is 321 g/mol. The SMILES string of the molecule is Cc1nn(C(=O)c2ccc(Cl)nc2Cl)c2c1[C@H]1[C@@H](C2)C1(C)C. The molecule has 4 rings (SSSR count). The van der Waals surface area contributed by atoms with Gasteiger partial charge in [0.05, 0.1) is 17.0 Å². The normalized spacial score (nSPS) is 24.0. The average Bonchev–Trinajstić information content (AvgIpc) is 2.81. The summed E-state index contributed by atoms with van der Waals surface area (Å²) in [4.78, 5) is 16.7. The van der Waals surface area contributed by atoms with E-state index in [4.69, 9.17) is 23.2 Å². The monoisotopic (exact) mass is 335 g/mol. The fourth-order valence-corrected chi connectivity index (χ4v) is 4.37. The third-order valence-corrected chi connectivity index (χ3v) is 5.72. The molecule has 2 heterocycles. The summed E-state index contributed by atoms with van der Waals surface area (Å²) in [5, 5.41) is 4.85. The Morgan fingerprint density at radius 2 is 2.09 bits per heavy atom. The van der Waals surface area contributed by atoms with Crippen molar-refractivity contribution in [1.29, 1.82) is 0 Å². The summed E-state index contributed by atoms with van der Waals surface area (Å²) in [5.41, 5.74) is 3.88. The Hall–Kier alpha value is -1.39. The van der Waals surface area contributed by atoms with Crippen LogP contribution < -0.4 is 0 Å². The third-order valence-electron chi connectivity index (χ3n) is 5.22. The standard InChI is InChI=1S/C16H15Cl2N3O/c1-7-12-10(6-9-13(12)16(9,2)3)21(20-7)15(22)8-4-5-11(17)19-14(8)18/h4-5,9,13H,6H2,1-3H3/t9-,13-/m1/s1. The fourth-order valence-electron chi connectivity index (χ4n) is 3.95. The lowest BCUT2D eigenvalue weighted by Crippen LogP contribution is -2.18. The molecule has 1 saturated carbocycles. The van der Waals surface area contributed by atoms with Crippen molar-refractivity contribution in [3.63, 3.8) is 0 Å². The molecule has 0 N–H and O–H groups in total. The number of hydrogen-bond acceptors (Lipinski definition) is 3. The number of carbonyl (C=O) groups is 1. The van der Waals surface area contributed by atoms with Crippen LogP contribution in [0.15, 0.2) is 12.1 Å². The minimum atomic E-state index is -0.238. The van der Waals surface area contributed by atoms with Crippen LogP contribution in [0.5, 0.6) is 0 Å². The van der Waals surface area contributed by atoms with Gasteiger partial charge in [0.25, 0.3) is 5.91 Å². The van der Waals surface area contributed by atoms with Crippen LogP contribution in [0.3, 0.4) is 0 Å². The predicted octanol–water partition coefficient (Wildman–Crippen LogP) is 3.88. The molecule has 2 aromatic heterocycles. The average molecular weight is 336 g/mol. The summed E-state index contributed by atoms with van der Waals surface area (Å²) in [5.74, 6) is 0.914. The lowest BCUT2D eigenvalue weighted by molar-refractivity contribution is 0.0940. The molecule has 2 atom stereocenters. The highest BCUT2D eigenvalue weighted by Crippen LogP contribution is 2.70. The first kappa shape index (κ1) is 14.2. The second kappa shape index (κ2) is 4.33. The third kappa shape index (κ3) is 1.74. The molecule has 0 amide bonds. The van der Waals surface area contributed by atoms with E-state index in [2.05, 4.69) is 23.9 Å². The van der Waals surface area contributed by atoms with Crippen LogP contribution in [0.4, 0.5) is 0 Å². The Morgan fingerprint density at radius 1 is 1.36 bits per heavy atom. The molecule has 22 heavy (non-hydrogen) atoms. The Labute approximate surface area is 138 Å². The first-order chi connectivity index (χ1) is 10.3. The van der Waals surface area contributed by atoms with Gasteiger partial charge in [0, 0.05) is 5.56 Å². The molecule has 0 unspecified atom stereocenters. The van der Waals surface area contributed by atoms with Gasteiger partial charge in [-0.1, -0.05) is 37.0 Å². The molecule has 4 nitrogen and oxygen atoms in total. The van der Waals surface area contributed by atoms with Crippen molar-refractivity contribution in [3.8, 4) is 0 Å². The fraction of sp³-hybridized carbons (Fsp3) is 0.438. The molecular formula is C16H15Cl2N3O. The molecule has 6 heteroatoms. The Bertz CT molecular complexity index is 825. The van der Waals surface area contributed by atoms with E-state index in [-0.39, 0.29) is 16.2 Å². The maximum Gasteiger partial charge on any atom is 0.281 e. The molecule has 2 aliphatic carbocycles. The zero-order valence-corrected chi connectivity index (χ0v) is 14.0. The van der Waals surface area contributed by atoms with Crippen LogP contribution in [0.1, 0.15) is 47.1 Å². The van der Waals surface area contributed by atoms with Gasteiger partial charge < -0.3 is 0 Å². The summed E-state index contributed by atoms with van der Waals surface area (Å²) in [6, 6.07) is 3.17. The van der Waals surface area contributed by atoms with Crippen molar-refractivity contribution in [3.05, 3.63) is 45.0 Å². The van der Waals surface area contributed by atoms with Gasteiger partial charge in [-0.15, -0.1) is 0 Å². The van der Waals surface area contributed by atoms with E-state index in [0.29, 0.717) is 22.8 Å². The van der Waals surface area contributed by atoms with Crippen molar-refractivity contribution >= 4 is 29.1 Å². The first-order valence-electron chi connectivity index (χ1n) is 7.27. The van der Waals surface area contributed by atoms with Crippen LogP contribution in [0.2, 0.25) is 10.3 Å². The van der Waals surface area contributed by atoms with Gasteiger partial charge in [-0.3, -0.25) is 4.79 Å². The number of aromatic nitrogens is 3. The van der Waals surface area contributed by atoms with Gasteiger partial charge in [-0.05, 0) is 42.7 Å². The molecule has 114 valence electrons. The molecule has 0 radical (unpaired) electrons. The van der Waals surface area contributed by atoms with E-state index < -0.39 is 0 Å². The molecule has 0 bridgehead atoms. The van der Waals surface area contributed by atoms with Crippen LogP contribution in [0, 0.1) is 18.3 Å². The van der Waals surface area contributed by atoms with Gasteiger partial charge in [0.15, 0.2) is 0 Å². The minimum Gasteiger partial charge on any atom is -0.267 e. The van der Waals surface area contributed by atoms with Crippen LogP contribution in [-0.2, 0) is 6.42 Å². The topological polar surface area (TPSA) is 47.8 Å². The molecule has 0 saturated heterocycles. The number of aryl methyl sites for hydroxylation is 1. The molecule has 2 aromatic rings. The van der Waals surface area contributed by atoms with Gasteiger partial charge in [-0.2, -0.15) is 5.10 Å². The Kier molecular flexibility index (Phi) is 2.80. The maximum absolute atomic E-state index is 12.8. The second-order valence-electron chi connectivity index (χ2n) is 6.74. The summed E-state index contributed by atoms with van der Waals surface area (Å²) in [7, 11) is 0. The van der Waals surface area contributed by atoms with Gasteiger partial charge >= 0.3 is 0 Å². The first-order valence-corrected chi connectivity index (χ1v) is 8.03. The summed E-state index contributed by atoms with van der Waals surface area (Å²) in [6.45, 7) is 6.54. The van der Waals surface area contributed by atoms with Crippen molar-refractivity contribution in [2.45, 2.75) is 33.1 Å². The van der Waals surface area contributed by atoms with E-state index in [0.717, 1.165) is 17.8 Å². The summed E-state index contributed by atoms with van der Waals surface area (Å²) >= 11 is 11.8. The van der Waals surface area contributed by atoms with E-state index in [1.165, 1.54) is 10.2 Å². The molecule has 0 aliphatic heterocycles. The number of fused-ring (bicyclic) bond motifs is 3. The number of pyridine rings is 1. The largest absolute Gasteiger partial charge is 0.281 e. The molecule has 1 fully saturated rings. The lowest BCUT2D eigenvalue weighted by atomic mass is 9.98. The van der Waals surface area contributed by atoms with E-state index in [1.54, 1.807) is 12.1 Å². The number of halogens is 2. The number of hydrogen-bond donors (Lipinski definition) is 0. The van der Waals surface area contributed by atoms with Crippen molar-refractivity contribution < 1.29 is 4.79 Å². The van der Waals surface area contributed by atoms with Crippen LogP contribution >= 0.6 is 23.2 Å². The molecule has 0 spiro atoms. The Morgan fingerprint density at radius 3 is 2.77 bits per heavy atom. The summed E-state index contributed by atoms with van der Waals surface area (Å²) < 4.78 is 1.50. The van der Waals surface area contributed by atoms with Gasteiger partial charge in [0.1, 0.15) is 10.3 Å². The highest BCUT2D eigenvalue weighted by atomic mass is 35.5. The quantitative estimate of drug-likeness (QED) is 0.743. The van der Waals surface area contributed by atoms with Crippen molar-refractivity contribution in [2.24, 2.45) is 11.3 Å².